The van der Waals surface area contributed by atoms with E-state index in [0.717, 1.165) is 60.3 Å². The molecule has 1 saturated heterocycles. The molecule has 3 atom stereocenters. The Labute approximate surface area is 218 Å². The highest BCUT2D eigenvalue weighted by Gasteiger charge is 2.30. The molecule has 8 nitrogen and oxygen atoms in total. The normalized spacial score (nSPS) is 19.9. The molecule has 1 aromatic heterocycles. The lowest BCUT2D eigenvalue weighted by Crippen LogP contribution is -2.33. The molecule has 2 aliphatic heterocycles. The predicted molar refractivity (Wildman–Crippen MR) is 143 cm³/mol. The standard InChI is InChI=1S/C27H33N3O3.C2H4O2/c1-17-6-9-19(10-7-17)22(27(31)32)15-25-28-26-21-11-8-18(2)29(3)23(21)12-13-24(26)30(25)20-5-4-14-33-16-20;1-4-2-3/h6-7,9-10,12-13,18,20,22H,4-5,8,11,14-16H2,1-3H3,(H,31,32);2H,1H3. The number of imidazole rings is 1. The molecule has 0 aliphatic carbocycles. The fourth-order valence-electron chi connectivity index (χ4n) is 5.42. The number of ether oxygens (including phenoxy) is 2. The summed E-state index contributed by atoms with van der Waals surface area (Å²) < 4.78 is 12.0. The third-order valence-electron chi connectivity index (χ3n) is 7.63. The van der Waals surface area contributed by atoms with Crippen molar-refractivity contribution >= 4 is 29.2 Å². The molecule has 3 aromatic rings. The number of carboxylic acid groups (broad SMARTS) is 1. The highest BCUT2D eigenvalue weighted by molar-refractivity contribution is 5.86. The fraction of sp³-hybridized carbons (Fsp3) is 0.483. The molecule has 5 rings (SSSR count). The Morgan fingerprint density at radius 2 is 1.97 bits per heavy atom. The van der Waals surface area contributed by atoms with Crippen LogP contribution in [0.25, 0.3) is 11.0 Å². The maximum atomic E-state index is 12.3. The highest BCUT2D eigenvalue weighted by atomic mass is 16.5. The van der Waals surface area contributed by atoms with Crippen molar-refractivity contribution in [2.24, 2.45) is 0 Å². The van der Waals surface area contributed by atoms with Gasteiger partial charge in [-0.15, -0.1) is 0 Å². The molecule has 198 valence electrons. The number of anilines is 1. The summed E-state index contributed by atoms with van der Waals surface area (Å²) in [5.41, 5.74) is 6.61. The summed E-state index contributed by atoms with van der Waals surface area (Å²) in [7, 11) is 3.46. The number of methoxy groups -OCH3 is 1. The average molecular weight is 508 g/mol. The maximum absolute atomic E-state index is 12.3. The first-order valence-corrected chi connectivity index (χ1v) is 12.9. The van der Waals surface area contributed by atoms with Gasteiger partial charge in [0.05, 0.1) is 36.7 Å². The Bertz CT molecular complexity index is 1230. The zero-order valence-electron chi connectivity index (χ0n) is 22.1. The van der Waals surface area contributed by atoms with Gasteiger partial charge in [-0.25, -0.2) is 4.98 Å². The molecule has 1 fully saturated rings. The molecule has 0 saturated carbocycles. The van der Waals surface area contributed by atoms with Crippen molar-refractivity contribution in [3.05, 3.63) is 58.9 Å². The van der Waals surface area contributed by atoms with Crippen LogP contribution in [-0.4, -0.2) is 60.5 Å². The number of rotatable bonds is 6. The van der Waals surface area contributed by atoms with E-state index in [1.54, 1.807) is 0 Å². The van der Waals surface area contributed by atoms with E-state index in [1.165, 1.54) is 18.4 Å². The van der Waals surface area contributed by atoms with Gasteiger partial charge in [0.15, 0.2) is 0 Å². The van der Waals surface area contributed by atoms with E-state index < -0.39 is 11.9 Å². The van der Waals surface area contributed by atoms with Gasteiger partial charge in [0.1, 0.15) is 5.82 Å². The number of hydrogen-bond donors (Lipinski definition) is 1. The van der Waals surface area contributed by atoms with Gasteiger partial charge in [-0.1, -0.05) is 29.8 Å². The molecule has 0 amide bonds. The monoisotopic (exact) mass is 507 g/mol. The largest absolute Gasteiger partial charge is 0.481 e. The van der Waals surface area contributed by atoms with E-state index in [9.17, 15) is 9.90 Å². The molecule has 8 heteroatoms. The summed E-state index contributed by atoms with van der Waals surface area (Å²) in [5.74, 6) is -0.597. The molecule has 2 aliphatic rings. The lowest BCUT2D eigenvalue weighted by atomic mass is 9.94. The Morgan fingerprint density at radius 1 is 1.24 bits per heavy atom. The first-order valence-electron chi connectivity index (χ1n) is 12.9. The molecule has 1 N–H and O–H groups in total. The van der Waals surface area contributed by atoms with E-state index in [0.29, 0.717) is 25.5 Å². The first-order chi connectivity index (χ1) is 17.8. The average Bonchev–Trinajstić information content (AvgIpc) is 3.29. The number of fused-ring (bicyclic) bond motifs is 3. The van der Waals surface area contributed by atoms with Crippen LogP contribution in [0.5, 0.6) is 0 Å². The quantitative estimate of drug-likeness (QED) is 0.485. The second-order valence-electron chi connectivity index (χ2n) is 10.0. The molecule has 2 aromatic carbocycles. The van der Waals surface area contributed by atoms with Crippen LogP contribution in [-0.2, 0) is 31.9 Å². The smallest absolute Gasteiger partial charge is 0.311 e. The zero-order chi connectivity index (χ0) is 26.5. The number of aromatic nitrogens is 2. The van der Waals surface area contributed by atoms with Gasteiger partial charge in [-0.2, -0.15) is 0 Å². The van der Waals surface area contributed by atoms with E-state index in [4.69, 9.17) is 14.5 Å². The minimum Gasteiger partial charge on any atom is -0.481 e. The summed E-state index contributed by atoms with van der Waals surface area (Å²) in [4.78, 5) is 28.8. The lowest BCUT2D eigenvalue weighted by molar-refractivity contribution is -0.138. The van der Waals surface area contributed by atoms with Crippen LogP contribution in [0, 0.1) is 6.92 Å². The van der Waals surface area contributed by atoms with Crippen molar-refractivity contribution < 1.29 is 24.2 Å². The third kappa shape index (κ3) is 5.64. The van der Waals surface area contributed by atoms with Crippen molar-refractivity contribution in [1.29, 1.82) is 0 Å². The van der Waals surface area contributed by atoms with Crippen molar-refractivity contribution in [1.82, 2.24) is 9.55 Å². The van der Waals surface area contributed by atoms with Gasteiger partial charge in [0.25, 0.3) is 6.47 Å². The minimum absolute atomic E-state index is 0.185. The molecule has 0 radical (unpaired) electrons. The number of aliphatic carboxylic acids is 1. The molecule has 3 heterocycles. The van der Waals surface area contributed by atoms with E-state index in [-0.39, 0.29) is 6.04 Å². The Balaban J connectivity index is 0.000000747. The Hall–Kier alpha value is -3.39. The number of aryl methyl sites for hydroxylation is 2. The highest BCUT2D eigenvalue weighted by Crippen LogP contribution is 2.38. The SMILES string of the molecule is COC=O.Cc1ccc(C(Cc2nc3c4c(ccc3n2C2CCCOC2)N(C)C(C)CC4)C(=O)O)cc1. The third-order valence-corrected chi connectivity index (χ3v) is 7.63. The lowest BCUT2D eigenvalue weighted by Gasteiger charge is -2.34. The van der Waals surface area contributed by atoms with Crippen LogP contribution in [0.1, 0.15) is 60.7 Å². The van der Waals surface area contributed by atoms with Crippen molar-refractivity contribution in [2.45, 2.75) is 64.0 Å². The summed E-state index contributed by atoms with van der Waals surface area (Å²) in [6, 6.07) is 12.9. The number of carbonyl (C=O) groups excluding carboxylic acids is 1. The second kappa shape index (κ2) is 11.8. The van der Waals surface area contributed by atoms with Crippen LogP contribution in [0.3, 0.4) is 0 Å². The number of carbonyl (C=O) groups is 2. The molecule has 0 bridgehead atoms. The predicted octanol–water partition coefficient (Wildman–Crippen LogP) is 4.67. The van der Waals surface area contributed by atoms with Crippen LogP contribution < -0.4 is 4.90 Å². The van der Waals surface area contributed by atoms with Crippen LogP contribution in [0.4, 0.5) is 5.69 Å². The van der Waals surface area contributed by atoms with Gasteiger partial charge in [-0.3, -0.25) is 9.59 Å². The van der Waals surface area contributed by atoms with Crippen molar-refractivity contribution in [2.75, 3.05) is 32.3 Å². The maximum Gasteiger partial charge on any atom is 0.311 e. The molecule has 0 spiro atoms. The second-order valence-corrected chi connectivity index (χ2v) is 10.0. The molecular weight excluding hydrogens is 470 g/mol. The summed E-state index contributed by atoms with van der Waals surface area (Å²) in [6.07, 6.45) is 4.49. The number of hydrogen-bond acceptors (Lipinski definition) is 6. The van der Waals surface area contributed by atoms with Crippen LogP contribution in [0.15, 0.2) is 36.4 Å². The summed E-state index contributed by atoms with van der Waals surface area (Å²) >= 11 is 0. The summed E-state index contributed by atoms with van der Waals surface area (Å²) in [6.45, 7) is 6.09. The van der Waals surface area contributed by atoms with E-state index >= 15 is 0 Å². The topological polar surface area (TPSA) is 93.9 Å². The summed E-state index contributed by atoms with van der Waals surface area (Å²) in [5, 5.41) is 10.1. The zero-order valence-corrected chi connectivity index (χ0v) is 22.1. The van der Waals surface area contributed by atoms with E-state index in [1.807, 2.05) is 31.2 Å². The first kappa shape index (κ1) is 26.7. The number of benzene rings is 2. The van der Waals surface area contributed by atoms with Gasteiger partial charge in [0.2, 0.25) is 0 Å². The van der Waals surface area contributed by atoms with Crippen molar-refractivity contribution in [3.63, 3.8) is 0 Å². The van der Waals surface area contributed by atoms with Crippen LogP contribution >= 0.6 is 0 Å². The Morgan fingerprint density at radius 3 is 2.59 bits per heavy atom. The molecule has 3 unspecified atom stereocenters. The van der Waals surface area contributed by atoms with E-state index in [2.05, 4.69) is 40.3 Å². The van der Waals surface area contributed by atoms with Gasteiger partial charge in [-0.05, 0) is 57.2 Å². The number of carboxylic acids is 1. The molecule has 37 heavy (non-hydrogen) atoms. The van der Waals surface area contributed by atoms with Gasteiger partial charge < -0.3 is 24.0 Å². The van der Waals surface area contributed by atoms with Crippen molar-refractivity contribution in [3.8, 4) is 0 Å². The van der Waals surface area contributed by atoms with Crippen LogP contribution in [0.2, 0.25) is 0 Å². The number of nitrogens with zero attached hydrogens (tertiary/aromatic N) is 3. The Kier molecular flexibility index (Phi) is 8.48. The van der Waals surface area contributed by atoms with Gasteiger partial charge in [0, 0.05) is 37.4 Å². The minimum atomic E-state index is -0.812. The fourth-order valence-corrected chi connectivity index (χ4v) is 5.42. The van der Waals surface area contributed by atoms with Gasteiger partial charge >= 0.3 is 5.97 Å². The molecular formula is C29H37N3O5.